The van der Waals surface area contributed by atoms with E-state index in [9.17, 15) is 5.26 Å². The highest BCUT2D eigenvalue weighted by Crippen LogP contribution is 2.20. The fourth-order valence-electron chi connectivity index (χ4n) is 1.86. The number of hydrogen-bond acceptors (Lipinski definition) is 4. The summed E-state index contributed by atoms with van der Waals surface area (Å²) in [5, 5.41) is 14.6. The van der Waals surface area contributed by atoms with Gasteiger partial charge in [-0.2, -0.15) is 5.26 Å². The van der Waals surface area contributed by atoms with Gasteiger partial charge >= 0.3 is 0 Å². The topological polar surface area (TPSA) is 45.0 Å². The zero-order chi connectivity index (χ0) is 14.2. The molecule has 1 heterocycles. The summed E-state index contributed by atoms with van der Waals surface area (Å²) in [6, 6.07) is 13.8. The number of hydrogen-bond donors (Lipinski definition) is 1. The number of ether oxygens (including phenoxy) is 1. The summed E-state index contributed by atoms with van der Waals surface area (Å²) >= 11 is 1.69. The number of nitrogens with zero attached hydrogens (tertiary/aromatic N) is 1. The van der Waals surface area contributed by atoms with Crippen LogP contribution < -0.4 is 10.1 Å². The van der Waals surface area contributed by atoms with Gasteiger partial charge in [-0.15, -0.1) is 11.3 Å². The van der Waals surface area contributed by atoms with Gasteiger partial charge in [0.1, 0.15) is 11.8 Å². The lowest BCUT2D eigenvalue weighted by atomic mass is 10.1. The molecule has 2 rings (SSSR count). The molecule has 0 spiro atoms. The van der Waals surface area contributed by atoms with Crippen LogP contribution in [0.15, 0.2) is 41.8 Å². The molecule has 0 aliphatic rings. The van der Waals surface area contributed by atoms with Crippen LogP contribution in [0.3, 0.4) is 0 Å². The number of benzene rings is 1. The third kappa shape index (κ3) is 4.09. The van der Waals surface area contributed by atoms with E-state index in [2.05, 4.69) is 24.4 Å². The van der Waals surface area contributed by atoms with E-state index in [1.807, 2.05) is 35.7 Å². The highest BCUT2D eigenvalue weighted by Gasteiger charge is 2.11. The van der Waals surface area contributed by atoms with Gasteiger partial charge in [0, 0.05) is 11.4 Å². The highest BCUT2D eigenvalue weighted by atomic mass is 32.1. The Morgan fingerprint density at radius 1 is 1.35 bits per heavy atom. The Labute approximate surface area is 123 Å². The summed E-state index contributed by atoms with van der Waals surface area (Å²) in [5.74, 6) is 0.822. The minimum absolute atomic E-state index is 0.317. The Bertz CT molecular complexity index is 560. The Kier molecular flexibility index (Phi) is 5.60. The fourth-order valence-corrected chi connectivity index (χ4v) is 2.51. The molecule has 2 aromatic rings. The lowest BCUT2D eigenvalue weighted by molar-refractivity contribution is 0.317. The molecule has 1 N–H and O–H groups in total. The zero-order valence-electron chi connectivity index (χ0n) is 11.5. The largest absolute Gasteiger partial charge is 0.494 e. The minimum Gasteiger partial charge on any atom is -0.494 e. The monoisotopic (exact) mass is 286 g/mol. The Balaban J connectivity index is 2.01. The molecule has 0 saturated carbocycles. The average Bonchev–Trinajstić information content (AvgIpc) is 2.99. The molecule has 1 aromatic carbocycles. The van der Waals surface area contributed by atoms with Crippen molar-refractivity contribution in [2.45, 2.75) is 25.9 Å². The van der Waals surface area contributed by atoms with Gasteiger partial charge in [0.05, 0.1) is 12.7 Å². The summed E-state index contributed by atoms with van der Waals surface area (Å²) in [6.45, 7) is 3.48. The number of thiophene rings is 1. The normalized spacial score (nSPS) is 11.8. The molecular formula is C16H18N2OS. The molecule has 1 unspecified atom stereocenters. The van der Waals surface area contributed by atoms with E-state index in [1.54, 1.807) is 11.3 Å². The summed E-state index contributed by atoms with van der Waals surface area (Å²) < 4.78 is 5.61. The van der Waals surface area contributed by atoms with E-state index in [1.165, 1.54) is 4.88 Å². The van der Waals surface area contributed by atoms with E-state index < -0.39 is 0 Å². The second-order valence-corrected chi connectivity index (χ2v) is 5.48. The Hall–Kier alpha value is -1.83. The van der Waals surface area contributed by atoms with Crippen molar-refractivity contribution in [1.29, 1.82) is 5.26 Å². The van der Waals surface area contributed by atoms with Gasteiger partial charge in [0.2, 0.25) is 0 Å². The van der Waals surface area contributed by atoms with E-state index in [4.69, 9.17) is 4.74 Å². The lowest BCUT2D eigenvalue weighted by Crippen LogP contribution is -2.18. The molecule has 0 bridgehead atoms. The quantitative estimate of drug-likeness (QED) is 0.839. The van der Waals surface area contributed by atoms with Crippen molar-refractivity contribution in [3.63, 3.8) is 0 Å². The van der Waals surface area contributed by atoms with E-state index in [0.717, 1.165) is 17.7 Å². The van der Waals surface area contributed by atoms with Crippen molar-refractivity contribution in [3.8, 4) is 11.8 Å². The van der Waals surface area contributed by atoms with Gasteiger partial charge in [-0.05, 0) is 35.6 Å². The molecular weight excluding hydrogens is 268 g/mol. The molecule has 0 saturated heterocycles. The van der Waals surface area contributed by atoms with Crippen LogP contribution in [-0.2, 0) is 6.54 Å². The van der Waals surface area contributed by atoms with Crippen LogP contribution in [0, 0.1) is 11.3 Å². The molecule has 1 atom stereocenters. The van der Waals surface area contributed by atoms with Crippen LogP contribution in [0.25, 0.3) is 0 Å². The Morgan fingerprint density at radius 2 is 2.25 bits per heavy atom. The standard InChI is InChI=1S/C16H18N2OS/c1-2-8-19-14-6-3-5-13(10-14)16(11-17)18-12-15-7-4-9-20-15/h3-7,9-10,16,18H,2,8,12H2,1H3. The zero-order valence-corrected chi connectivity index (χ0v) is 12.3. The van der Waals surface area contributed by atoms with Crippen molar-refractivity contribution >= 4 is 11.3 Å². The summed E-state index contributed by atoms with van der Waals surface area (Å²) in [5.41, 5.74) is 0.942. The molecule has 3 nitrogen and oxygen atoms in total. The van der Waals surface area contributed by atoms with Crippen molar-refractivity contribution in [2.75, 3.05) is 6.61 Å². The van der Waals surface area contributed by atoms with Gasteiger partial charge in [0.25, 0.3) is 0 Å². The molecule has 1 aromatic heterocycles. The van der Waals surface area contributed by atoms with Crippen molar-refractivity contribution in [1.82, 2.24) is 5.32 Å². The second-order valence-electron chi connectivity index (χ2n) is 4.44. The molecule has 4 heteroatoms. The van der Waals surface area contributed by atoms with Crippen molar-refractivity contribution in [2.24, 2.45) is 0 Å². The van der Waals surface area contributed by atoms with Crippen LogP contribution in [0.4, 0.5) is 0 Å². The highest BCUT2D eigenvalue weighted by molar-refractivity contribution is 7.09. The van der Waals surface area contributed by atoms with Gasteiger partial charge in [0.15, 0.2) is 0 Å². The third-order valence-electron chi connectivity index (χ3n) is 2.85. The van der Waals surface area contributed by atoms with Gasteiger partial charge in [-0.3, -0.25) is 5.32 Å². The summed E-state index contributed by atoms with van der Waals surface area (Å²) in [7, 11) is 0. The smallest absolute Gasteiger partial charge is 0.121 e. The maximum Gasteiger partial charge on any atom is 0.121 e. The fraction of sp³-hybridized carbons (Fsp3) is 0.312. The Morgan fingerprint density at radius 3 is 2.95 bits per heavy atom. The third-order valence-corrected chi connectivity index (χ3v) is 3.73. The summed E-state index contributed by atoms with van der Waals surface area (Å²) in [6.07, 6.45) is 0.975. The summed E-state index contributed by atoms with van der Waals surface area (Å²) in [4.78, 5) is 1.23. The predicted octanol–water partition coefficient (Wildman–Crippen LogP) is 3.89. The predicted molar refractivity (Wildman–Crippen MR) is 81.7 cm³/mol. The van der Waals surface area contributed by atoms with Crippen LogP contribution >= 0.6 is 11.3 Å². The number of nitrogens with one attached hydrogen (secondary N) is 1. The molecule has 0 fully saturated rings. The molecule has 0 aliphatic carbocycles. The molecule has 0 radical (unpaired) electrons. The molecule has 0 aliphatic heterocycles. The van der Waals surface area contributed by atoms with E-state index in [0.29, 0.717) is 13.2 Å². The van der Waals surface area contributed by atoms with Crippen molar-refractivity contribution < 1.29 is 4.74 Å². The first-order valence-corrected chi connectivity index (χ1v) is 7.59. The van der Waals surface area contributed by atoms with Crippen molar-refractivity contribution in [3.05, 3.63) is 52.2 Å². The minimum atomic E-state index is -0.317. The SMILES string of the molecule is CCCOc1cccc(C(C#N)NCc2cccs2)c1. The second kappa shape index (κ2) is 7.68. The molecule has 20 heavy (non-hydrogen) atoms. The van der Waals surface area contributed by atoms with Crippen LogP contribution in [0.5, 0.6) is 5.75 Å². The van der Waals surface area contributed by atoms with Gasteiger partial charge < -0.3 is 4.74 Å². The van der Waals surface area contributed by atoms with Crippen LogP contribution in [0.2, 0.25) is 0 Å². The molecule has 104 valence electrons. The van der Waals surface area contributed by atoms with Gasteiger partial charge in [-0.1, -0.05) is 25.1 Å². The average molecular weight is 286 g/mol. The molecule has 0 amide bonds. The van der Waals surface area contributed by atoms with E-state index >= 15 is 0 Å². The first-order valence-electron chi connectivity index (χ1n) is 6.71. The first-order chi connectivity index (χ1) is 9.83. The number of nitriles is 1. The van der Waals surface area contributed by atoms with Crippen LogP contribution in [0.1, 0.15) is 29.8 Å². The maximum atomic E-state index is 9.33. The van der Waals surface area contributed by atoms with Crippen LogP contribution in [-0.4, -0.2) is 6.61 Å². The first kappa shape index (κ1) is 14.6. The maximum absolute atomic E-state index is 9.33. The lowest BCUT2D eigenvalue weighted by Gasteiger charge is -2.13. The number of rotatable bonds is 7. The van der Waals surface area contributed by atoms with Gasteiger partial charge in [-0.25, -0.2) is 0 Å². The van der Waals surface area contributed by atoms with E-state index in [-0.39, 0.29) is 6.04 Å².